The summed E-state index contributed by atoms with van der Waals surface area (Å²) in [7, 11) is 0. The smallest absolute Gasteiger partial charge is 0.246 e. The molecule has 2 aliphatic rings. The van der Waals surface area contributed by atoms with Crippen LogP contribution in [-0.4, -0.2) is 51.4 Å². The average Bonchev–Trinajstić information content (AvgIpc) is 2.83. The van der Waals surface area contributed by atoms with E-state index in [1.165, 1.54) is 36.1 Å². The van der Waals surface area contributed by atoms with Gasteiger partial charge in [-0.3, -0.25) is 9.69 Å². The number of hydrogen-bond donors (Lipinski definition) is 0. The third kappa shape index (κ3) is 2.88. The van der Waals surface area contributed by atoms with Crippen molar-refractivity contribution in [1.82, 2.24) is 19.4 Å². The molecular formula is C16H24N4O. The van der Waals surface area contributed by atoms with Gasteiger partial charge in [0.15, 0.2) is 0 Å². The van der Waals surface area contributed by atoms with E-state index in [0.717, 1.165) is 45.7 Å². The van der Waals surface area contributed by atoms with Crippen molar-refractivity contribution in [3.05, 3.63) is 29.9 Å². The zero-order valence-corrected chi connectivity index (χ0v) is 12.8. The summed E-state index contributed by atoms with van der Waals surface area (Å²) in [6, 6.07) is 0. The van der Waals surface area contributed by atoms with Crippen LogP contribution in [0.4, 0.5) is 0 Å². The van der Waals surface area contributed by atoms with E-state index in [1.807, 2.05) is 4.90 Å². The molecule has 0 bridgehead atoms. The molecule has 2 aliphatic heterocycles. The highest BCUT2D eigenvalue weighted by Crippen LogP contribution is 2.21. The molecule has 0 atom stereocenters. The molecule has 5 nitrogen and oxygen atoms in total. The van der Waals surface area contributed by atoms with Crippen molar-refractivity contribution in [2.75, 3.05) is 26.2 Å². The fraction of sp³-hybridized carbons (Fsp3) is 0.625. The summed E-state index contributed by atoms with van der Waals surface area (Å²) in [6.45, 7) is 11.2. The van der Waals surface area contributed by atoms with E-state index >= 15 is 0 Å². The molecule has 0 spiro atoms. The first-order chi connectivity index (χ1) is 10.2. The molecule has 0 N–H and O–H groups in total. The van der Waals surface area contributed by atoms with Crippen LogP contribution in [0, 0.1) is 6.92 Å². The molecule has 0 saturated carbocycles. The number of hydrogen-bond acceptors (Lipinski definition) is 3. The van der Waals surface area contributed by atoms with E-state index in [9.17, 15) is 4.79 Å². The maximum Gasteiger partial charge on any atom is 0.246 e. The van der Waals surface area contributed by atoms with Crippen molar-refractivity contribution in [3.8, 4) is 0 Å². The van der Waals surface area contributed by atoms with Gasteiger partial charge in [-0.1, -0.05) is 6.58 Å². The van der Waals surface area contributed by atoms with Gasteiger partial charge >= 0.3 is 0 Å². The van der Waals surface area contributed by atoms with Gasteiger partial charge in [0.1, 0.15) is 5.82 Å². The summed E-state index contributed by atoms with van der Waals surface area (Å²) >= 11 is 0. The van der Waals surface area contributed by atoms with Crippen LogP contribution in [0.1, 0.15) is 30.1 Å². The van der Waals surface area contributed by atoms with Crippen molar-refractivity contribution in [2.24, 2.45) is 0 Å². The Hall–Kier alpha value is -1.62. The number of carbonyl (C=O) groups is 1. The van der Waals surface area contributed by atoms with Gasteiger partial charge in [-0.15, -0.1) is 0 Å². The maximum atomic E-state index is 11.6. The molecule has 1 fully saturated rings. The number of piperazine rings is 1. The zero-order valence-electron chi connectivity index (χ0n) is 12.8. The minimum Gasteiger partial charge on any atom is -0.337 e. The molecule has 1 amide bonds. The van der Waals surface area contributed by atoms with Crippen molar-refractivity contribution in [2.45, 2.75) is 39.3 Å². The molecule has 0 unspecified atom stereocenters. The van der Waals surface area contributed by atoms with Crippen LogP contribution in [-0.2, 0) is 24.3 Å². The van der Waals surface area contributed by atoms with Gasteiger partial charge in [0.05, 0.1) is 11.4 Å². The van der Waals surface area contributed by atoms with Crippen molar-refractivity contribution in [1.29, 1.82) is 0 Å². The lowest BCUT2D eigenvalue weighted by molar-refractivity contribution is -0.127. The molecular weight excluding hydrogens is 264 g/mol. The topological polar surface area (TPSA) is 41.4 Å². The van der Waals surface area contributed by atoms with Crippen LogP contribution in [0.25, 0.3) is 0 Å². The number of nitrogens with zero attached hydrogens (tertiary/aromatic N) is 4. The van der Waals surface area contributed by atoms with Gasteiger partial charge in [0.2, 0.25) is 5.91 Å². The first kappa shape index (κ1) is 14.3. The second-order valence-electron chi connectivity index (χ2n) is 5.97. The van der Waals surface area contributed by atoms with Crippen LogP contribution < -0.4 is 0 Å². The van der Waals surface area contributed by atoms with Gasteiger partial charge in [-0.2, -0.15) is 0 Å². The first-order valence-electron chi connectivity index (χ1n) is 7.87. The van der Waals surface area contributed by atoms with E-state index < -0.39 is 0 Å². The van der Waals surface area contributed by atoms with Crippen molar-refractivity contribution < 1.29 is 4.79 Å². The lowest BCUT2D eigenvalue weighted by atomic mass is 10.1. The number of aryl methyl sites for hydroxylation is 2. The third-order valence-electron chi connectivity index (χ3n) is 4.62. The monoisotopic (exact) mass is 288 g/mol. The Morgan fingerprint density at radius 1 is 1.24 bits per heavy atom. The van der Waals surface area contributed by atoms with Crippen LogP contribution >= 0.6 is 0 Å². The second-order valence-corrected chi connectivity index (χ2v) is 5.97. The van der Waals surface area contributed by atoms with E-state index in [1.54, 1.807) is 0 Å². The zero-order chi connectivity index (χ0) is 14.8. The largest absolute Gasteiger partial charge is 0.337 e. The summed E-state index contributed by atoms with van der Waals surface area (Å²) in [4.78, 5) is 20.6. The van der Waals surface area contributed by atoms with E-state index in [2.05, 4.69) is 23.0 Å². The molecule has 0 aliphatic carbocycles. The van der Waals surface area contributed by atoms with Crippen LogP contribution in [0.15, 0.2) is 12.7 Å². The summed E-state index contributed by atoms with van der Waals surface area (Å²) in [5, 5.41) is 0. The van der Waals surface area contributed by atoms with Crippen LogP contribution in [0.3, 0.4) is 0 Å². The second kappa shape index (κ2) is 6.02. The fourth-order valence-corrected chi connectivity index (χ4v) is 3.34. The predicted octanol–water partition coefficient (Wildman–Crippen LogP) is 1.36. The standard InChI is InChI=1S/C16H24N4O/c1-3-16(21)19-10-8-18(9-11-19)12-14-13(2)17-15-6-4-5-7-20(14)15/h3H,1,4-12H2,2H3. The fourth-order valence-electron chi connectivity index (χ4n) is 3.34. The molecule has 114 valence electrons. The van der Waals surface area contributed by atoms with Crippen molar-refractivity contribution >= 4 is 5.91 Å². The predicted molar refractivity (Wildman–Crippen MR) is 82.0 cm³/mol. The Morgan fingerprint density at radius 2 is 2.00 bits per heavy atom. The van der Waals surface area contributed by atoms with E-state index in [-0.39, 0.29) is 5.91 Å². The average molecular weight is 288 g/mol. The molecule has 1 saturated heterocycles. The highest BCUT2D eigenvalue weighted by molar-refractivity contribution is 5.87. The number of aromatic nitrogens is 2. The molecule has 0 radical (unpaired) electrons. The minimum absolute atomic E-state index is 0.0487. The third-order valence-corrected chi connectivity index (χ3v) is 4.62. The molecule has 1 aromatic rings. The molecule has 5 heteroatoms. The highest BCUT2D eigenvalue weighted by Gasteiger charge is 2.23. The molecule has 3 heterocycles. The lowest BCUT2D eigenvalue weighted by Gasteiger charge is -2.34. The van der Waals surface area contributed by atoms with Crippen LogP contribution in [0.5, 0.6) is 0 Å². The number of imidazole rings is 1. The minimum atomic E-state index is 0.0487. The summed E-state index contributed by atoms with van der Waals surface area (Å²) in [5.41, 5.74) is 2.55. The van der Waals surface area contributed by atoms with Gasteiger partial charge in [0, 0.05) is 45.7 Å². The summed E-state index contributed by atoms with van der Waals surface area (Å²) in [6.07, 6.45) is 5.05. The first-order valence-corrected chi connectivity index (χ1v) is 7.87. The number of rotatable bonds is 3. The van der Waals surface area contributed by atoms with E-state index in [0.29, 0.717) is 0 Å². The highest BCUT2D eigenvalue weighted by atomic mass is 16.2. The Labute approximate surface area is 126 Å². The Bertz CT molecular complexity index is 541. The van der Waals surface area contributed by atoms with Gasteiger partial charge in [0.25, 0.3) is 0 Å². The lowest BCUT2D eigenvalue weighted by Crippen LogP contribution is -2.48. The number of carbonyl (C=O) groups excluding carboxylic acids is 1. The Morgan fingerprint density at radius 3 is 2.71 bits per heavy atom. The van der Waals surface area contributed by atoms with E-state index in [4.69, 9.17) is 4.98 Å². The molecule has 3 rings (SSSR count). The quantitative estimate of drug-likeness (QED) is 0.789. The number of fused-ring (bicyclic) bond motifs is 1. The van der Waals surface area contributed by atoms with Gasteiger partial charge < -0.3 is 9.47 Å². The molecule has 0 aromatic carbocycles. The van der Waals surface area contributed by atoms with Gasteiger partial charge in [-0.25, -0.2) is 4.98 Å². The SMILES string of the molecule is C=CC(=O)N1CCN(Cc2c(C)nc3n2CCCC3)CC1. The Balaban J connectivity index is 1.65. The molecule has 21 heavy (non-hydrogen) atoms. The summed E-state index contributed by atoms with van der Waals surface area (Å²) < 4.78 is 2.42. The summed E-state index contributed by atoms with van der Waals surface area (Å²) in [5.74, 6) is 1.31. The maximum absolute atomic E-state index is 11.6. The van der Waals surface area contributed by atoms with Crippen LogP contribution in [0.2, 0.25) is 0 Å². The number of amides is 1. The van der Waals surface area contributed by atoms with Gasteiger partial charge in [-0.05, 0) is 25.8 Å². The van der Waals surface area contributed by atoms with Crippen molar-refractivity contribution in [3.63, 3.8) is 0 Å². The normalized spacial score (nSPS) is 19.4. The molecule has 1 aromatic heterocycles. The Kier molecular flexibility index (Phi) is 4.10.